The van der Waals surface area contributed by atoms with Crippen molar-refractivity contribution in [2.24, 2.45) is 0 Å². The number of carbonyl (C=O) groups is 2. The van der Waals surface area contributed by atoms with E-state index in [1.165, 1.54) is 17.5 Å². The lowest BCUT2D eigenvalue weighted by atomic mass is 10.0. The van der Waals surface area contributed by atoms with Crippen molar-refractivity contribution in [1.82, 2.24) is 14.9 Å². The molecule has 0 bridgehead atoms. The first kappa shape index (κ1) is 15.2. The van der Waals surface area contributed by atoms with Gasteiger partial charge in [-0.1, -0.05) is 18.2 Å². The van der Waals surface area contributed by atoms with E-state index in [2.05, 4.69) is 9.97 Å². The van der Waals surface area contributed by atoms with E-state index in [1.54, 1.807) is 18.2 Å². The van der Waals surface area contributed by atoms with E-state index in [-0.39, 0.29) is 18.9 Å². The summed E-state index contributed by atoms with van der Waals surface area (Å²) < 4.78 is 5.50. The van der Waals surface area contributed by atoms with Gasteiger partial charge in [-0.3, -0.25) is 4.79 Å². The summed E-state index contributed by atoms with van der Waals surface area (Å²) in [5.74, 6) is -0.758. The molecule has 0 spiro atoms. The molecule has 1 amide bonds. The highest BCUT2D eigenvalue weighted by molar-refractivity contribution is 6.02. The van der Waals surface area contributed by atoms with Crippen LogP contribution in [0.2, 0.25) is 0 Å². The van der Waals surface area contributed by atoms with Gasteiger partial charge in [0.2, 0.25) is 0 Å². The number of nitrogens with one attached hydrogen (secondary N) is 1. The van der Waals surface area contributed by atoms with Gasteiger partial charge in [0.1, 0.15) is 11.8 Å². The Morgan fingerprint density at radius 2 is 2.16 bits per heavy atom. The third kappa shape index (κ3) is 2.69. The quantitative estimate of drug-likeness (QED) is 0.870. The number of amides is 1. The molecule has 7 heteroatoms. The topological polar surface area (TPSA) is 95.5 Å². The van der Waals surface area contributed by atoms with Gasteiger partial charge >= 0.3 is 5.97 Å². The maximum Gasteiger partial charge on any atom is 0.326 e. The lowest BCUT2D eigenvalue weighted by molar-refractivity contribution is -0.149. The zero-order valence-corrected chi connectivity index (χ0v) is 13.2. The van der Waals surface area contributed by atoms with Crippen molar-refractivity contribution in [1.29, 1.82) is 0 Å². The fraction of sp³-hybridized carbons (Fsp3) is 0.167. The Balaban J connectivity index is 1.70. The van der Waals surface area contributed by atoms with Gasteiger partial charge in [0.25, 0.3) is 5.91 Å². The van der Waals surface area contributed by atoms with Crippen molar-refractivity contribution >= 4 is 18.0 Å². The fourth-order valence-corrected chi connectivity index (χ4v) is 3.07. The van der Waals surface area contributed by atoms with Crippen LogP contribution in [0.15, 0.2) is 48.5 Å². The van der Waals surface area contributed by atoms with Crippen molar-refractivity contribution in [2.45, 2.75) is 19.0 Å². The molecule has 0 aliphatic carbocycles. The molecule has 1 aromatic heterocycles. The third-order valence-corrected chi connectivity index (χ3v) is 4.36. The zero-order chi connectivity index (χ0) is 17.4. The van der Waals surface area contributed by atoms with Crippen molar-refractivity contribution in [3.05, 3.63) is 65.5 Å². The molecule has 3 heterocycles. The number of aromatic amines is 1. The third-order valence-electron chi connectivity index (χ3n) is 4.36. The maximum absolute atomic E-state index is 13.0. The number of benzene rings is 1. The summed E-state index contributed by atoms with van der Waals surface area (Å²) in [5, 5.41) is 9.54. The van der Waals surface area contributed by atoms with Gasteiger partial charge in [-0.15, -0.1) is 0 Å². The minimum Gasteiger partial charge on any atom is -0.480 e. The molecule has 0 fully saturated rings. The van der Waals surface area contributed by atoms with E-state index >= 15 is 0 Å². The number of carbonyl (C=O) groups excluding carboxylic acids is 1. The van der Waals surface area contributed by atoms with Gasteiger partial charge < -0.3 is 19.7 Å². The minimum absolute atomic E-state index is 0.179. The number of fused-ring (bicyclic) bond motifs is 2. The summed E-state index contributed by atoms with van der Waals surface area (Å²) in [7, 11) is 0. The van der Waals surface area contributed by atoms with Gasteiger partial charge in [0, 0.05) is 17.6 Å². The average molecular weight is 337 g/mol. The molecule has 126 valence electrons. The van der Waals surface area contributed by atoms with Crippen molar-refractivity contribution in [2.75, 3.05) is 0 Å². The fourth-order valence-electron chi connectivity index (χ4n) is 3.07. The smallest absolute Gasteiger partial charge is 0.326 e. The van der Waals surface area contributed by atoms with Crippen molar-refractivity contribution in [3.8, 4) is 5.75 Å². The minimum atomic E-state index is -1.04. The molecule has 2 aromatic rings. The Kier molecular flexibility index (Phi) is 3.61. The average Bonchev–Trinajstić information content (AvgIpc) is 2.96. The number of H-pyrrole nitrogens is 1. The molecule has 0 unspecified atom stereocenters. The number of para-hydroxylation sites is 1. The Morgan fingerprint density at radius 3 is 3.00 bits per heavy atom. The number of nitrogens with zero attached hydrogens (tertiary/aromatic N) is 2. The number of carboxylic acids is 1. The van der Waals surface area contributed by atoms with Gasteiger partial charge in [-0.2, -0.15) is 0 Å². The molecule has 0 radical (unpaired) electrons. The maximum atomic E-state index is 13.0. The molecule has 1 atom stereocenters. The first-order valence-corrected chi connectivity index (χ1v) is 7.82. The largest absolute Gasteiger partial charge is 0.480 e. The summed E-state index contributed by atoms with van der Waals surface area (Å²) in [6, 6.07) is 6.40. The predicted molar refractivity (Wildman–Crippen MR) is 88.5 cm³/mol. The van der Waals surface area contributed by atoms with Crippen LogP contribution in [0.4, 0.5) is 0 Å². The van der Waals surface area contributed by atoms with Crippen LogP contribution in [0.5, 0.6) is 5.75 Å². The van der Waals surface area contributed by atoms with E-state index in [1.807, 2.05) is 18.2 Å². The molecule has 2 aliphatic heterocycles. The zero-order valence-electron chi connectivity index (χ0n) is 13.2. The number of aromatic nitrogens is 2. The summed E-state index contributed by atoms with van der Waals surface area (Å²) in [6.07, 6.45) is 6.42. The van der Waals surface area contributed by atoms with Gasteiger partial charge in [-0.05, 0) is 18.2 Å². The molecule has 4 rings (SSSR count). The van der Waals surface area contributed by atoms with E-state index in [0.717, 1.165) is 11.3 Å². The molecule has 2 aliphatic rings. The summed E-state index contributed by atoms with van der Waals surface area (Å²) in [6.45, 7) is 0.179. The molecule has 1 aromatic carbocycles. The Labute approximate surface area is 143 Å². The van der Waals surface area contributed by atoms with Crippen LogP contribution in [0.25, 0.3) is 6.08 Å². The van der Waals surface area contributed by atoms with Gasteiger partial charge in [0.05, 0.1) is 30.5 Å². The first-order chi connectivity index (χ1) is 12.1. The Hall–Kier alpha value is -3.35. The van der Waals surface area contributed by atoms with Gasteiger partial charge in [0.15, 0.2) is 0 Å². The molecular formula is C18H15N3O4. The lowest BCUT2D eigenvalue weighted by Gasteiger charge is -2.32. The Morgan fingerprint density at radius 1 is 1.32 bits per heavy atom. The molecule has 7 nitrogen and oxygen atoms in total. The number of carboxylic acid groups (broad SMARTS) is 1. The van der Waals surface area contributed by atoms with Crippen LogP contribution in [0.3, 0.4) is 0 Å². The summed E-state index contributed by atoms with van der Waals surface area (Å²) in [4.78, 5) is 33.1. The second kappa shape index (κ2) is 5.94. The first-order valence-electron chi connectivity index (χ1n) is 7.82. The molecule has 25 heavy (non-hydrogen) atoms. The second-order valence-electron chi connectivity index (χ2n) is 5.88. The van der Waals surface area contributed by atoms with E-state index in [4.69, 9.17) is 4.74 Å². The highest BCUT2D eigenvalue weighted by Crippen LogP contribution is 2.27. The van der Waals surface area contributed by atoms with E-state index in [9.17, 15) is 14.7 Å². The number of imidazole rings is 1. The lowest BCUT2D eigenvalue weighted by Crippen LogP contribution is -2.49. The van der Waals surface area contributed by atoms with E-state index < -0.39 is 12.0 Å². The molecule has 0 saturated carbocycles. The standard InChI is InChI=1S/C18H15N3O4/c22-17(12-5-6-25-16-4-2-1-3-11(16)7-12)21-9-14-13(19-10-20-14)8-15(21)18(23)24/h1-7,10,15H,8-9H2,(H,19,20)(H,23,24)/t15-/m0/s1. The number of ether oxygens (including phenoxy) is 1. The van der Waals surface area contributed by atoms with Gasteiger partial charge in [-0.25, -0.2) is 9.78 Å². The van der Waals surface area contributed by atoms with Crippen LogP contribution in [-0.2, 0) is 22.6 Å². The number of hydrogen-bond acceptors (Lipinski definition) is 4. The molecule has 2 N–H and O–H groups in total. The van der Waals surface area contributed by atoms with Crippen LogP contribution >= 0.6 is 0 Å². The molecule has 0 saturated heterocycles. The monoisotopic (exact) mass is 337 g/mol. The van der Waals surface area contributed by atoms with Crippen molar-refractivity contribution in [3.63, 3.8) is 0 Å². The van der Waals surface area contributed by atoms with Crippen LogP contribution in [0, 0.1) is 0 Å². The highest BCUT2D eigenvalue weighted by atomic mass is 16.5. The normalized spacial score (nSPS) is 18.5. The number of rotatable bonds is 2. The highest BCUT2D eigenvalue weighted by Gasteiger charge is 2.36. The van der Waals surface area contributed by atoms with E-state index in [0.29, 0.717) is 17.0 Å². The predicted octanol–water partition coefficient (Wildman–Crippen LogP) is 1.74. The SMILES string of the molecule is O=C(O)[C@@H]1Cc2nc[nH]c2CN1C(=O)C1=Cc2ccccc2OC=C1. The van der Waals surface area contributed by atoms with Crippen LogP contribution in [-0.4, -0.2) is 37.9 Å². The number of hydrogen-bond donors (Lipinski definition) is 2. The summed E-state index contributed by atoms with van der Waals surface area (Å²) in [5.41, 5.74) is 2.59. The Bertz CT molecular complexity index is 913. The molecular weight excluding hydrogens is 322 g/mol. The van der Waals surface area contributed by atoms with Crippen LogP contribution in [0.1, 0.15) is 17.0 Å². The number of aliphatic carboxylic acids is 1. The van der Waals surface area contributed by atoms with Crippen molar-refractivity contribution < 1.29 is 19.4 Å². The summed E-state index contributed by atoms with van der Waals surface area (Å²) >= 11 is 0. The van der Waals surface area contributed by atoms with Crippen LogP contribution < -0.4 is 4.74 Å². The second-order valence-corrected chi connectivity index (χ2v) is 5.88.